The molecule has 1 aromatic carbocycles. The van der Waals surface area contributed by atoms with Crippen molar-refractivity contribution in [2.24, 2.45) is 5.11 Å². The molecule has 1 saturated heterocycles. The minimum atomic E-state index is -0.461. The first-order valence-corrected chi connectivity index (χ1v) is 7.96. The quantitative estimate of drug-likeness (QED) is 0.486. The summed E-state index contributed by atoms with van der Waals surface area (Å²) >= 11 is 0. The Labute approximate surface area is 143 Å². The molecule has 1 aromatic heterocycles. The van der Waals surface area contributed by atoms with E-state index in [1.807, 2.05) is 28.8 Å². The van der Waals surface area contributed by atoms with Crippen LogP contribution in [-0.2, 0) is 11.3 Å². The fourth-order valence-electron chi connectivity index (χ4n) is 3.35. The van der Waals surface area contributed by atoms with E-state index in [1.165, 1.54) is 4.90 Å². The third-order valence-corrected chi connectivity index (χ3v) is 4.64. The van der Waals surface area contributed by atoms with Crippen LogP contribution in [0.3, 0.4) is 0 Å². The van der Waals surface area contributed by atoms with Crippen molar-refractivity contribution in [1.29, 1.82) is 0 Å². The molecule has 2 aliphatic heterocycles. The predicted octanol–water partition coefficient (Wildman–Crippen LogP) is 2.36. The Kier molecular flexibility index (Phi) is 3.51. The zero-order chi connectivity index (χ0) is 17.6. The van der Waals surface area contributed by atoms with Crippen LogP contribution in [0.15, 0.2) is 29.4 Å². The second-order valence-electron chi connectivity index (χ2n) is 6.18. The van der Waals surface area contributed by atoms with E-state index in [-0.39, 0.29) is 12.5 Å². The average Bonchev–Trinajstić information content (AvgIpc) is 3.16. The van der Waals surface area contributed by atoms with Crippen molar-refractivity contribution < 1.29 is 14.3 Å². The second kappa shape index (κ2) is 5.71. The van der Waals surface area contributed by atoms with E-state index in [0.29, 0.717) is 24.5 Å². The van der Waals surface area contributed by atoms with Gasteiger partial charge in [0.05, 0.1) is 13.1 Å². The molecule has 0 unspecified atom stereocenters. The number of carbonyl (C=O) groups is 2. The lowest BCUT2D eigenvalue weighted by Gasteiger charge is -2.24. The average molecular weight is 340 g/mol. The minimum absolute atomic E-state index is 0.000915. The molecule has 0 spiro atoms. The van der Waals surface area contributed by atoms with Crippen molar-refractivity contribution in [2.75, 3.05) is 31.6 Å². The van der Waals surface area contributed by atoms with E-state index in [9.17, 15) is 9.59 Å². The van der Waals surface area contributed by atoms with Crippen LogP contribution in [-0.4, -0.2) is 54.3 Å². The van der Waals surface area contributed by atoms with Crippen LogP contribution in [0.4, 0.5) is 10.5 Å². The van der Waals surface area contributed by atoms with Gasteiger partial charge in [0.2, 0.25) is 0 Å². The number of likely N-dealkylation sites (N-methyl/N-ethyl adjacent to an activating group) is 1. The Bertz CT molecular complexity index is 929. The molecule has 4 rings (SSSR count). The molecule has 9 heteroatoms. The molecule has 25 heavy (non-hydrogen) atoms. The van der Waals surface area contributed by atoms with E-state index in [4.69, 9.17) is 10.3 Å². The van der Waals surface area contributed by atoms with Gasteiger partial charge in [0.25, 0.3) is 5.91 Å². The zero-order valence-corrected chi connectivity index (χ0v) is 13.6. The number of carbonyl (C=O) groups excluding carboxylic acids is 2. The largest absolute Gasteiger partial charge is 0.444 e. The Morgan fingerprint density at radius 2 is 2.16 bits per heavy atom. The van der Waals surface area contributed by atoms with Gasteiger partial charge in [-0.15, -0.1) is 0 Å². The van der Waals surface area contributed by atoms with Crippen molar-refractivity contribution in [3.8, 4) is 0 Å². The van der Waals surface area contributed by atoms with Gasteiger partial charge in [-0.2, -0.15) is 0 Å². The van der Waals surface area contributed by atoms with Gasteiger partial charge >= 0.3 is 6.09 Å². The van der Waals surface area contributed by atoms with Gasteiger partial charge < -0.3 is 14.2 Å². The van der Waals surface area contributed by atoms with Crippen LogP contribution in [0.5, 0.6) is 0 Å². The zero-order valence-electron chi connectivity index (χ0n) is 13.6. The van der Waals surface area contributed by atoms with Gasteiger partial charge in [0.1, 0.15) is 11.8 Å². The first-order chi connectivity index (χ1) is 12.1. The van der Waals surface area contributed by atoms with Crippen molar-refractivity contribution in [2.45, 2.75) is 12.6 Å². The number of azide groups is 1. The Morgan fingerprint density at radius 1 is 1.32 bits per heavy atom. The molecule has 0 aliphatic carbocycles. The predicted molar refractivity (Wildman–Crippen MR) is 90.5 cm³/mol. The highest BCUT2D eigenvalue weighted by molar-refractivity contribution is 6.01. The number of cyclic esters (lactones) is 1. The van der Waals surface area contributed by atoms with Crippen molar-refractivity contribution >= 4 is 28.6 Å². The molecule has 0 bridgehead atoms. The van der Waals surface area contributed by atoms with Crippen LogP contribution in [0.25, 0.3) is 21.3 Å². The van der Waals surface area contributed by atoms with Crippen LogP contribution < -0.4 is 4.90 Å². The maximum absolute atomic E-state index is 12.3. The number of benzene rings is 1. The summed E-state index contributed by atoms with van der Waals surface area (Å²) in [6.07, 6.45) is -0.908. The molecule has 3 heterocycles. The molecular formula is C16H16N6O3. The van der Waals surface area contributed by atoms with E-state index in [1.54, 1.807) is 11.9 Å². The van der Waals surface area contributed by atoms with E-state index in [2.05, 4.69) is 10.0 Å². The monoisotopic (exact) mass is 340 g/mol. The van der Waals surface area contributed by atoms with Crippen molar-refractivity contribution in [3.05, 3.63) is 40.4 Å². The van der Waals surface area contributed by atoms with Crippen LogP contribution in [0.1, 0.15) is 10.5 Å². The summed E-state index contributed by atoms with van der Waals surface area (Å²) in [7, 11) is 1.79. The van der Waals surface area contributed by atoms with Gasteiger partial charge in [-0.25, -0.2) is 4.79 Å². The maximum Gasteiger partial charge on any atom is 0.414 e. The van der Waals surface area contributed by atoms with E-state index >= 15 is 0 Å². The third-order valence-electron chi connectivity index (χ3n) is 4.64. The summed E-state index contributed by atoms with van der Waals surface area (Å²) in [6.45, 7) is 1.87. The number of amides is 2. The first kappa shape index (κ1) is 15.3. The van der Waals surface area contributed by atoms with Gasteiger partial charge in [-0.05, 0) is 29.8 Å². The number of aromatic nitrogens is 1. The fourth-order valence-corrected chi connectivity index (χ4v) is 3.35. The van der Waals surface area contributed by atoms with E-state index in [0.717, 1.165) is 17.4 Å². The Hall–Kier alpha value is -3.19. The minimum Gasteiger partial charge on any atom is -0.444 e. The highest BCUT2D eigenvalue weighted by Crippen LogP contribution is 2.29. The number of nitrogens with zero attached hydrogens (tertiary/aromatic N) is 6. The second-order valence-corrected chi connectivity index (χ2v) is 6.18. The topological polar surface area (TPSA) is 104 Å². The number of rotatable bonds is 3. The first-order valence-electron chi connectivity index (χ1n) is 7.96. The number of anilines is 1. The molecule has 2 aliphatic rings. The van der Waals surface area contributed by atoms with Gasteiger partial charge in [0.15, 0.2) is 0 Å². The summed E-state index contributed by atoms with van der Waals surface area (Å²) in [4.78, 5) is 30.3. The number of hydrogen-bond donors (Lipinski definition) is 0. The smallest absolute Gasteiger partial charge is 0.414 e. The van der Waals surface area contributed by atoms with Crippen LogP contribution in [0.2, 0.25) is 0 Å². The molecular weight excluding hydrogens is 324 g/mol. The van der Waals surface area contributed by atoms with Crippen LogP contribution >= 0.6 is 0 Å². The molecule has 2 aromatic rings. The Balaban J connectivity index is 1.67. The fraction of sp³-hybridized carbons (Fsp3) is 0.375. The Morgan fingerprint density at radius 3 is 2.96 bits per heavy atom. The summed E-state index contributed by atoms with van der Waals surface area (Å²) in [6, 6.07) is 7.50. The number of ether oxygens (including phenoxy) is 1. The lowest BCUT2D eigenvalue weighted by molar-refractivity contribution is 0.0751. The molecule has 0 N–H and O–H groups in total. The summed E-state index contributed by atoms with van der Waals surface area (Å²) < 4.78 is 7.22. The summed E-state index contributed by atoms with van der Waals surface area (Å²) in [5.74, 6) is -0.000915. The van der Waals surface area contributed by atoms with Gasteiger partial charge in [0, 0.05) is 41.6 Å². The number of hydrogen-bond acceptors (Lipinski definition) is 4. The van der Waals surface area contributed by atoms with E-state index < -0.39 is 12.2 Å². The molecule has 1 fully saturated rings. The highest BCUT2D eigenvalue weighted by atomic mass is 16.6. The molecule has 128 valence electrons. The molecule has 0 saturated carbocycles. The summed E-state index contributed by atoms with van der Waals surface area (Å²) in [5.41, 5.74) is 10.7. The molecule has 9 nitrogen and oxygen atoms in total. The lowest BCUT2D eigenvalue weighted by Crippen LogP contribution is -2.36. The molecule has 2 amide bonds. The number of fused-ring (bicyclic) bond motifs is 3. The molecule has 0 radical (unpaired) electrons. The van der Waals surface area contributed by atoms with Gasteiger partial charge in [-0.3, -0.25) is 9.69 Å². The third kappa shape index (κ3) is 2.45. The lowest BCUT2D eigenvalue weighted by atomic mass is 10.2. The van der Waals surface area contributed by atoms with Gasteiger partial charge in [-0.1, -0.05) is 5.11 Å². The standard InChI is InChI=1S/C16H16N6O3/c1-20-4-5-21-13-3-2-11(6-10(13)7-14(21)15(20)23)22-9-12(8-18-19-17)25-16(22)24/h2-3,6-7,12H,4-5,8-9H2,1H3/t12-/m0/s1. The SMILES string of the molecule is CN1CCn2c(cc3cc(N4C[C@H](CN=[N+]=[N-])OC4=O)ccc32)C1=O. The highest BCUT2D eigenvalue weighted by Gasteiger charge is 2.32. The van der Waals surface area contributed by atoms with Crippen molar-refractivity contribution in [3.63, 3.8) is 0 Å². The summed E-state index contributed by atoms with van der Waals surface area (Å²) in [5, 5.41) is 4.36. The normalized spacial score (nSPS) is 19.8. The van der Waals surface area contributed by atoms with Crippen molar-refractivity contribution in [1.82, 2.24) is 9.47 Å². The molecule has 1 atom stereocenters. The van der Waals surface area contributed by atoms with Crippen LogP contribution in [0, 0.1) is 0 Å². The maximum atomic E-state index is 12.3.